The predicted molar refractivity (Wildman–Crippen MR) is 160 cm³/mol. The molecule has 4 rings (SSSR count). The molecule has 0 saturated carbocycles. The number of nitrogens with zero attached hydrogens (tertiary/aromatic N) is 4. The summed E-state index contributed by atoms with van der Waals surface area (Å²) in [6.45, 7) is 19.8. The molecule has 1 fully saturated rings. The van der Waals surface area contributed by atoms with Crippen molar-refractivity contribution in [2.24, 2.45) is 7.05 Å². The van der Waals surface area contributed by atoms with Gasteiger partial charge in [0.05, 0.1) is 11.2 Å². The van der Waals surface area contributed by atoms with Crippen LogP contribution in [0.25, 0.3) is 10.9 Å². The Morgan fingerprint density at radius 2 is 1.89 bits per heavy atom. The third-order valence-electron chi connectivity index (χ3n) is 5.91. The highest BCUT2D eigenvalue weighted by atomic mass is 19.1. The number of aromatic nitrogens is 3. The van der Waals surface area contributed by atoms with E-state index in [4.69, 9.17) is 0 Å². The van der Waals surface area contributed by atoms with Crippen molar-refractivity contribution in [3.63, 3.8) is 0 Å². The number of halogens is 1. The second kappa shape index (κ2) is 17.5. The van der Waals surface area contributed by atoms with Gasteiger partial charge in [-0.05, 0) is 44.4 Å². The number of pyridine rings is 1. The molecule has 1 aliphatic heterocycles. The van der Waals surface area contributed by atoms with Gasteiger partial charge in [-0.3, -0.25) is 14.5 Å². The number of nitrogens with one attached hydrogen (secondary N) is 2. The van der Waals surface area contributed by atoms with E-state index in [1.165, 1.54) is 29.4 Å². The monoisotopic (exact) mass is 528 g/mol. The van der Waals surface area contributed by atoms with Crippen LogP contribution in [0.2, 0.25) is 0 Å². The normalized spacial score (nSPS) is 14.4. The summed E-state index contributed by atoms with van der Waals surface area (Å²) in [5, 5.41) is 11.0. The van der Waals surface area contributed by atoms with Gasteiger partial charge in [0.1, 0.15) is 5.82 Å². The van der Waals surface area contributed by atoms with Crippen molar-refractivity contribution in [1.82, 2.24) is 20.1 Å². The SMILES string of the molecule is CC.CC.CCCC(=O)Nc1cc2cn(C)nc2cc1F.CCCc1c(N2CCNC(C)C2)ccnc1C. The number of piperazine rings is 1. The van der Waals surface area contributed by atoms with Crippen LogP contribution < -0.4 is 15.5 Å². The average Bonchev–Trinajstić information content (AvgIpc) is 3.27. The fourth-order valence-corrected chi connectivity index (χ4v) is 4.30. The average molecular weight is 529 g/mol. The molecule has 38 heavy (non-hydrogen) atoms. The standard InChI is InChI=1S/C14H23N3.C12H14FN3O.2C2H6/c1-4-5-13-12(3)16-7-6-14(13)17-9-8-15-11(2)10-17;1-3-4-12(17)14-11-5-8-7-16(2)15-10(8)6-9(11)13;2*1-2/h6-7,11,15H,4-5,8-10H2,1-3H3;5-7H,3-4H2,1-2H3,(H,14,17);2*1-2H3. The maximum absolute atomic E-state index is 13.7. The number of carbonyl (C=O) groups excluding carboxylic acids is 1. The van der Waals surface area contributed by atoms with Gasteiger partial charge in [0.2, 0.25) is 5.91 Å². The van der Waals surface area contributed by atoms with Gasteiger partial charge in [0.15, 0.2) is 0 Å². The Morgan fingerprint density at radius 1 is 1.18 bits per heavy atom. The highest BCUT2D eigenvalue weighted by molar-refractivity contribution is 5.93. The second-order valence-corrected chi connectivity index (χ2v) is 8.94. The number of rotatable bonds is 6. The van der Waals surface area contributed by atoms with Crippen molar-refractivity contribution in [3.05, 3.63) is 47.7 Å². The smallest absolute Gasteiger partial charge is 0.224 e. The lowest BCUT2D eigenvalue weighted by molar-refractivity contribution is -0.116. The van der Waals surface area contributed by atoms with Crippen molar-refractivity contribution >= 4 is 28.2 Å². The molecule has 0 bridgehead atoms. The fraction of sp³-hybridized carbons (Fsp3) is 0.567. The third kappa shape index (κ3) is 9.71. The first-order valence-corrected chi connectivity index (χ1v) is 14.2. The Bertz CT molecular complexity index is 1110. The van der Waals surface area contributed by atoms with Gasteiger partial charge in [0, 0.05) is 74.4 Å². The minimum absolute atomic E-state index is 0.172. The Morgan fingerprint density at radius 3 is 2.53 bits per heavy atom. The molecule has 3 aromatic rings. The van der Waals surface area contributed by atoms with Crippen molar-refractivity contribution < 1.29 is 9.18 Å². The molecule has 1 aromatic carbocycles. The molecule has 0 spiro atoms. The van der Waals surface area contributed by atoms with E-state index in [-0.39, 0.29) is 11.6 Å². The van der Waals surface area contributed by atoms with Crippen molar-refractivity contribution in [1.29, 1.82) is 0 Å². The van der Waals surface area contributed by atoms with Gasteiger partial charge in [-0.25, -0.2) is 4.39 Å². The lowest BCUT2D eigenvalue weighted by Gasteiger charge is -2.35. The highest BCUT2D eigenvalue weighted by Gasteiger charge is 2.19. The van der Waals surface area contributed by atoms with Gasteiger partial charge < -0.3 is 15.5 Å². The maximum Gasteiger partial charge on any atom is 0.224 e. The van der Waals surface area contributed by atoms with Crippen molar-refractivity contribution in [2.75, 3.05) is 29.9 Å². The molecule has 1 aliphatic rings. The molecule has 0 radical (unpaired) electrons. The molecule has 8 heteroatoms. The van der Waals surface area contributed by atoms with E-state index in [2.05, 4.69) is 52.5 Å². The Kier molecular flexibility index (Phi) is 15.2. The summed E-state index contributed by atoms with van der Waals surface area (Å²) in [4.78, 5) is 18.3. The number of aryl methyl sites for hydroxylation is 2. The van der Waals surface area contributed by atoms with Crippen LogP contribution in [0.3, 0.4) is 0 Å². The van der Waals surface area contributed by atoms with Gasteiger partial charge in [-0.15, -0.1) is 0 Å². The summed E-state index contributed by atoms with van der Waals surface area (Å²) >= 11 is 0. The molecule has 1 saturated heterocycles. The first-order valence-electron chi connectivity index (χ1n) is 14.2. The van der Waals surface area contributed by atoms with E-state index in [1.807, 2.05) is 40.8 Å². The quantitative estimate of drug-likeness (QED) is 0.375. The molecule has 0 aliphatic carbocycles. The summed E-state index contributed by atoms with van der Waals surface area (Å²) in [7, 11) is 1.77. The van der Waals surface area contributed by atoms with Crippen LogP contribution in [0.4, 0.5) is 15.8 Å². The first-order chi connectivity index (χ1) is 18.3. The molecule has 3 heterocycles. The zero-order chi connectivity index (χ0) is 28.7. The molecule has 2 N–H and O–H groups in total. The topological polar surface area (TPSA) is 75.1 Å². The number of anilines is 2. The summed E-state index contributed by atoms with van der Waals surface area (Å²) < 4.78 is 15.3. The number of amides is 1. The Balaban J connectivity index is 0.000000336. The van der Waals surface area contributed by atoms with Gasteiger partial charge >= 0.3 is 0 Å². The molecular weight excluding hydrogens is 479 g/mol. The number of benzene rings is 1. The zero-order valence-electron chi connectivity index (χ0n) is 25.0. The molecule has 1 atom stereocenters. The van der Waals surface area contributed by atoms with Crippen LogP contribution in [0.1, 0.15) is 79.0 Å². The lowest BCUT2D eigenvalue weighted by atomic mass is 10.0. The van der Waals surface area contributed by atoms with Crippen LogP contribution >= 0.6 is 0 Å². The number of hydrogen-bond acceptors (Lipinski definition) is 5. The molecular formula is C30H49FN6O. The number of carbonyl (C=O) groups is 1. The minimum atomic E-state index is -0.458. The van der Waals surface area contributed by atoms with E-state index in [0.717, 1.165) is 37.9 Å². The van der Waals surface area contributed by atoms with E-state index in [9.17, 15) is 9.18 Å². The van der Waals surface area contributed by atoms with Gasteiger partial charge in [-0.1, -0.05) is 48.0 Å². The van der Waals surface area contributed by atoms with Crippen LogP contribution in [0.5, 0.6) is 0 Å². The zero-order valence-corrected chi connectivity index (χ0v) is 25.0. The van der Waals surface area contributed by atoms with E-state index < -0.39 is 5.82 Å². The molecule has 1 unspecified atom stereocenters. The molecule has 212 valence electrons. The molecule has 1 amide bonds. The lowest BCUT2D eigenvalue weighted by Crippen LogP contribution is -2.49. The van der Waals surface area contributed by atoms with E-state index in [0.29, 0.717) is 18.0 Å². The van der Waals surface area contributed by atoms with E-state index in [1.54, 1.807) is 24.0 Å². The third-order valence-corrected chi connectivity index (χ3v) is 5.91. The molecule has 2 aromatic heterocycles. The first kappa shape index (κ1) is 33.0. The van der Waals surface area contributed by atoms with Crippen molar-refractivity contribution in [2.45, 2.75) is 87.1 Å². The van der Waals surface area contributed by atoms with Crippen LogP contribution in [-0.4, -0.2) is 46.3 Å². The summed E-state index contributed by atoms with van der Waals surface area (Å²) in [6, 6.07) is 5.68. The van der Waals surface area contributed by atoms with Gasteiger partial charge in [-0.2, -0.15) is 5.10 Å². The van der Waals surface area contributed by atoms with Crippen LogP contribution in [-0.2, 0) is 18.3 Å². The highest BCUT2D eigenvalue weighted by Crippen LogP contribution is 2.25. The predicted octanol–water partition coefficient (Wildman–Crippen LogP) is 6.64. The fourth-order valence-electron chi connectivity index (χ4n) is 4.30. The van der Waals surface area contributed by atoms with Crippen molar-refractivity contribution in [3.8, 4) is 0 Å². The summed E-state index contributed by atoms with van der Waals surface area (Å²) in [5.41, 5.74) is 4.81. The second-order valence-electron chi connectivity index (χ2n) is 8.94. The number of hydrogen-bond donors (Lipinski definition) is 2. The Hall–Kier alpha value is -3.00. The van der Waals surface area contributed by atoms with Crippen LogP contribution in [0.15, 0.2) is 30.6 Å². The number of fused-ring (bicyclic) bond motifs is 1. The Labute approximate surface area is 229 Å². The largest absolute Gasteiger partial charge is 0.368 e. The van der Waals surface area contributed by atoms with Crippen LogP contribution in [0, 0.1) is 12.7 Å². The minimum Gasteiger partial charge on any atom is -0.368 e. The molecule has 7 nitrogen and oxygen atoms in total. The maximum atomic E-state index is 13.7. The summed E-state index contributed by atoms with van der Waals surface area (Å²) in [6.07, 6.45) is 7.17. The summed E-state index contributed by atoms with van der Waals surface area (Å²) in [5.74, 6) is -0.629. The van der Waals surface area contributed by atoms with E-state index >= 15 is 0 Å². The van der Waals surface area contributed by atoms with Gasteiger partial charge in [0.25, 0.3) is 0 Å².